The predicted octanol–water partition coefficient (Wildman–Crippen LogP) is 2.16. The van der Waals surface area contributed by atoms with Gasteiger partial charge in [0.2, 0.25) is 10.0 Å². The normalized spacial score (nSPS) is 20.5. The van der Waals surface area contributed by atoms with E-state index in [4.69, 9.17) is 9.90 Å². The van der Waals surface area contributed by atoms with Gasteiger partial charge in [0.25, 0.3) is 0 Å². The van der Waals surface area contributed by atoms with Gasteiger partial charge in [-0.15, -0.1) is 11.3 Å². The summed E-state index contributed by atoms with van der Waals surface area (Å²) < 4.78 is 56.5. The lowest BCUT2D eigenvalue weighted by molar-refractivity contribution is -0.192. The molecule has 2 aliphatic rings. The van der Waals surface area contributed by atoms with Crippen molar-refractivity contribution in [1.82, 2.24) is 9.21 Å². The van der Waals surface area contributed by atoms with E-state index in [2.05, 4.69) is 24.0 Å². The highest BCUT2D eigenvalue weighted by atomic mass is 32.2. The number of hydrogen-bond acceptors (Lipinski definition) is 5. The van der Waals surface area contributed by atoms with Gasteiger partial charge in [-0.1, -0.05) is 0 Å². The molecule has 0 bridgehead atoms. The molecule has 11 heteroatoms. The smallest absolute Gasteiger partial charge is 0.475 e. The SMILES string of the molecule is Cc1ccc(CN2CC3(CCN(S(C)(=O)=O)C3)C2)s1.O=C(O)C(F)(F)F. The van der Waals surface area contributed by atoms with E-state index in [1.165, 1.54) is 16.0 Å². The number of aryl methyl sites for hydroxylation is 1. The van der Waals surface area contributed by atoms with E-state index in [9.17, 15) is 21.6 Å². The van der Waals surface area contributed by atoms with Crippen LogP contribution in [0.25, 0.3) is 0 Å². The molecule has 26 heavy (non-hydrogen) atoms. The lowest BCUT2D eigenvalue weighted by atomic mass is 9.79. The molecule has 0 aliphatic carbocycles. The molecule has 1 spiro atoms. The van der Waals surface area contributed by atoms with Gasteiger partial charge < -0.3 is 5.11 Å². The third kappa shape index (κ3) is 5.41. The summed E-state index contributed by atoms with van der Waals surface area (Å²) in [7, 11) is -3.01. The van der Waals surface area contributed by atoms with E-state index >= 15 is 0 Å². The molecule has 2 fully saturated rings. The molecule has 1 N–H and O–H groups in total. The summed E-state index contributed by atoms with van der Waals surface area (Å²) in [5.74, 6) is -2.76. The number of rotatable bonds is 3. The average molecular weight is 414 g/mol. The molecule has 0 atom stereocenters. The second-order valence-electron chi connectivity index (χ2n) is 6.81. The van der Waals surface area contributed by atoms with Crippen molar-refractivity contribution in [3.63, 3.8) is 0 Å². The number of nitrogens with zero attached hydrogens (tertiary/aromatic N) is 2. The number of carbonyl (C=O) groups is 1. The lowest BCUT2D eigenvalue weighted by Gasteiger charge is -2.48. The summed E-state index contributed by atoms with van der Waals surface area (Å²) in [6.45, 7) is 6.63. The molecule has 6 nitrogen and oxygen atoms in total. The molecule has 0 radical (unpaired) electrons. The first-order chi connectivity index (χ1) is 11.8. The van der Waals surface area contributed by atoms with Crippen LogP contribution in [0.2, 0.25) is 0 Å². The van der Waals surface area contributed by atoms with Crippen molar-refractivity contribution in [3.05, 3.63) is 21.9 Å². The minimum absolute atomic E-state index is 0.232. The van der Waals surface area contributed by atoms with Crippen molar-refractivity contribution in [2.45, 2.75) is 26.1 Å². The maximum Gasteiger partial charge on any atom is 0.490 e. The van der Waals surface area contributed by atoms with Crippen LogP contribution in [0.3, 0.4) is 0 Å². The molecule has 0 amide bonds. The van der Waals surface area contributed by atoms with Crippen molar-refractivity contribution in [2.24, 2.45) is 5.41 Å². The van der Waals surface area contributed by atoms with Crippen LogP contribution in [0.5, 0.6) is 0 Å². The fourth-order valence-corrected chi connectivity index (χ4v) is 5.10. The Morgan fingerprint density at radius 3 is 2.27 bits per heavy atom. The molecule has 2 saturated heterocycles. The zero-order chi connectivity index (χ0) is 19.8. The van der Waals surface area contributed by atoms with Crippen LogP contribution in [-0.4, -0.2) is 67.3 Å². The zero-order valence-electron chi connectivity index (χ0n) is 14.4. The minimum Gasteiger partial charge on any atom is -0.475 e. The van der Waals surface area contributed by atoms with Crippen molar-refractivity contribution >= 4 is 27.3 Å². The van der Waals surface area contributed by atoms with Crippen molar-refractivity contribution < 1.29 is 31.5 Å². The summed E-state index contributed by atoms with van der Waals surface area (Å²) >= 11 is 1.85. The molecular formula is C15H21F3N2O4S2. The number of likely N-dealkylation sites (tertiary alicyclic amines) is 1. The van der Waals surface area contributed by atoms with Crippen LogP contribution in [-0.2, 0) is 21.4 Å². The van der Waals surface area contributed by atoms with Crippen molar-refractivity contribution in [3.8, 4) is 0 Å². The average Bonchev–Trinajstić information content (AvgIpc) is 3.04. The first-order valence-corrected chi connectivity index (χ1v) is 10.5. The van der Waals surface area contributed by atoms with Gasteiger partial charge in [-0.05, 0) is 25.5 Å². The number of carboxylic acid groups (broad SMARTS) is 1. The number of thiophene rings is 1. The Morgan fingerprint density at radius 1 is 1.31 bits per heavy atom. The number of carboxylic acids is 1. The van der Waals surface area contributed by atoms with E-state index in [-0.39, 0.29) is 5.41 Å². The molecule has 0 aromatic carbocycles. The Bertz CT molecular complexity index is 755. The summed E-state index contributed by atoms with van der Waals surface area (Å²) in [4.78, 5) is 14.1. The predicted molar refractivity (Wildman–Crippen MR) is 91.5 cm³/mol. The van der Waals surface area contributed by atoms with Crippen LogP contribution in [0.4, 0.5) is 13.2 Å². The molecule has 148 valence electrons. The zero-order valence-corrected chi connectivity index (χ0v) is 16.0. The molecule has 1 aromatic heterocycles. The van der Waals surface area contributed by atoms with Gasteiger partial charge in [-0.25, -0.2) is 17.5 Å². The van der Waals surface area contributed by atoms with Crippen LogP contribution < -0.4 is 0 Å². The van der Waals surface area contributed by atoms with Gasteiger partial charge in [0, 0.05) is 47.9 Å². The highest BCUT2D eigenvalue weighted by molar-refractivity contribution is 7.88. The first-order valence-electron chi connectivity index (χ1n) is 7.84. The van der Waals surface area contributed by atoms with E-state index in [1.807, 2.05) is 11.3 Å². The second-order valence-corrected chi connectivity index (χ2v) is 10.2. The number of halogens is 3. The summed E-state index contributed by atoms with van der Waals surface area (Å²) in [6.07, 6.45) is -2.75. The number of alkyl halides is 3. The van der Waals surface area contributed by atoms with Crippen LogP contribution in [0.15, 0.2) is 12.1 Å². The highest BCUT2D eigenvalue weighted by Crippen LogP contribution is 2.41. The Morgan fingerprint density at radius 2 is 1.88 bits per heavy atom. The van der Waals surface area contributed by atoms with Crippen LogP contribution in [0, 0.1) is 12.3 Å². The standard InChI is InChI=1S/C13H20N2O2S2.C2HF3O2/c1-11-3-4-12(18-11)7-14-8-13(9-14)5-6-15(10-13)19(2,16)17;3-2(4,5)1(6)7/h3-4H,5-10H2,1-2H3;(H,6,7). The van der Waals surface area contributed by atoms with Gasteiger partial charge in [-0.2, -0.15) is 13.2 Å². The highest BCUT2D eigenvalue weighted by Gasteiger charge is 2.49. The van der Waals surface area contributed by atoms with Crippen LogP contribution in [0.1, 0.15) is 16.2 Å². The van der Waals surface area contributed by atoms with E-state index in [1.54, 1.807) is 4.31 Å². The summed E-state index contributed by atoms with van der Waals surface area (Å²) in [5, 5.41) is 7.12. The molecule has 2 aliphatic heterocycles. The number of hydrogen-bond donors (Lipinski definition) is 1. The molecule has 1 aromatic rings. The Hall–Kier alpha value is -1.17. The lowest BCUT2D eigenvalue weighted by Crippen LogP contribution is -2.56. The van der Waals surface area contributed by atoms with Gasteiger partial charge in [0.05, 0.1) is 6.26 Å². The van der Waals surface area contributed by atoms with E-state index in [0.717, 1.165) is 26.1 Å². The summed E-state index contributed by atoms with van der Waals surface area (Å²) in [6, 6.07) is 4.36. The third-order valence-corrected chi connectivity index (χ3v) is 6.64. The van der Waals surface area contributed by atoms with E-state index < -0.39 is 22.2 Å². The summed E-state index contributed by atoms with van der Waals surface area (Å²) in [5.41, 5.74) is 0.232. The topological polar surface area (TPSA) is 77.9 Å². The van der Waals surface area contributed by atoms with Gasteiger partial charge >= 0.3 is 12.1 Å². The van der Waals surface area contributed by atoms with Crippen LogP contribution >= 0.6 is 11.3 Å². The van der Waals surface area contributed by atoms with Crippen molar-refractivity contribution in [1.29, 1.82) is 0 Å². The van der Waals surface area contributed by atoms with Gasteiger partial charge in [0.15, 0.2) is 0 Å². The fourth-order valence-electron chi connectivity index (χ4n) is 3.24. The maximum atomic E-state index is 11.6. The largest absolute Gasteiger partial charge is 0.490 e. The molecular weight excluding hydrogens is 393 g/mol. The van der Waals surface area contributed by atoms with E-state index in [0.29, 0.717) is 13.1 Å². The fraction of sp³-hybridized carbons (Fsp3) is 0.667. The Balaban J connectivity index is 0.000000298. The quantitative estimate of drug-likeness (QED) is 0.820. The van der Waals surface area contributed by atoms with Gasteiger partial charge in [0.1, 0.15) is 0 Å². The molecule has 3 rings (SSSR count). The number of aliphatic carboxylic acids is 1. The molecule has 0 unspecified atom stereocenters. The van der Waals surface area contributed by atoms with Gasteiger partial charge in [-0.3, -0.25) is 4.90 Å². The third-order valence-electron chi connectivity index (χ3n) is 4.41. The Labute approximate surface area is 154 Å². The second kappa shape index (κ2) is 7.45. The molecule has 0 saturated carbocycles. The Kier molecular flexibility index (Phi) is 6.06. The number of sulfonamides is 1. The monoisotopic (exact) mass is 414 g/mol. The molecule has 3 heterocycles. The minimum atomic E-state index is -5.08. The first kappa shape index (κ1) is 21.1. The maximum absolute atomic E-state index is 11.6. The van der Waals surface area contributed by atoms with Crippen molar-refractivity contribution in [2.75, 3.05) is 32.4 Å².